The quantitative estimate of drug-likeness (QED) is 0.733. The van der Waals surface area contributed by atoms with Crippen LogP contribution >= 0.6 is 0 Å². The van der Waals surface area contributed by atoms with Gasteiger partial charge in [0.15, 0.2) is 0 Å². The summed E-state index contributed by atoms with van der Waals surface area (Å²) in [7, 11) is 0. The van der Waals surface area contributed by atoms with Crippen molar-refractivity contribution in [3.63, 3.8) is 0 Å². The molecule has 0 aliphatic carbocycles. The van der Waals surface area contributed by atoms with Crippen molar-refractivity contribution in [2.24, 2.45) is 0 Å². The Hall–Kier alpha value is -1.78. The molecule has 0 radical (unpaired) electrons. The van der Waals surface area contributed by atoms with Crippen LogP contribution in [0.2, 0.25) is 0 Å². The molecule has 0 saturated carbocycles. The third-order valence-corrected chi connectivity index (χ3v) is 3.27. The molecule has 2 rings (SSSR count). The maximum absolute atomic E-state index is 9.90. The van der Waals surface area contributed by atoms with Gasteiger partial charge in [-0.1, -0.05) is 17.7 Å². The first-order chi connectivity index (χ1) is 10.1. The highest BCUT2D eigenvalue weighted by Crippen LogP contribution is 2.18. The lowest BCUT2D eigenvalue weighted by molar-refractivity contribution is 0.106. The Morgan fingerprint density at radius 2 is 2.14 bits per heavy atom. The standard InChI is InChI=1S/C17H23NO3/c1-13-5-6-17(14(2)10-13)21-12-15(19)11-18-8-7-16-4-3-9-20-16/h3-6,9-10,15,18-19H,7-8,11-12H2,1-2H3. The Morgan fingerprint density at radius 1 is 1.29 bits per heavy atom. The van der Waals surface area contributed by atoms with Gasteiger partial charge in [0.25, 0.3) is 0 Å². The first-order valence-corrected chi connectivity index (χ1v) is 7.26. The smallest absolute Gasteiger partial charge is 0.122 e. The minimum absolute atomic E-state index is 0.289. The van der Waals surface area contributed by atoms with E-state index in [-0.39, 0.29) is 6.61 Å². The fourth-order valence-corrected chi connectivity index (χ4v) is 2.14. The Morgan fingerprint density at radius 3 is 2.86 bits per heavy atom. The predicted octanol–water partition coefficient (Wildman–Crippen LogP) is 2.47. The molecule has 0 bridgehead atoms. The number of benzene rings is 1. The molecule has 1 atom stereocenters. The Kier molecular flexibility index (Phi) is 5.84. The number of ether oxygens (including phenoxy) is 1. The van der Waals surface area contributed by atoms with E-state index in [0.717, 1.165) is 30.0 Å². The van der Waals surface area contributed by atoms with E-state index in [1.165, 1.54) is 5.56 Å². The molecule has 0 aliphatic rings. The molecule has 2 N–H and O–H groups in total. The number of aliphatic hydroxyl groups excluding tert-OH is 1. The van der Waals surface area contributed by atoms with Crippen molar-refractivity contribution in [2.45, 2.75) is 26.4 Å². The van der Waals surface area contributed by atoms with E-state index in [1.807, 2.05) is 31.2 Å². The zero-order valence-electron chi connectivity index (χ0n) is 12.6. The number of furan rings is 1. The summed E-state index contributed by atoms with van der Waals surface area (Å²) in [6.07, 6.45) is 1.96. The summed E-state index contributed by atoms with van der Waals surface area (Å²) in [6, 6.07) is 9.85. The van der Waals surface area contributed by atoms with Crippen molar-refractivity contribution in [2.75, 3.05) is 19.7 Å². The highest BCUT2D eigenvalue weighted by molar-refractivity contribution is 5.35. The maximum atomic E-state index is 9.90. The molecule has 1 aromatic carbocycles. The lowest BCUT2D eigenvalue weighted by Crippen LogP contribution is -2.32. The van der Waals surface area contributed by atoms with Crippen molar-refractivity contribution >= 4 is 0 Å². The van der Waals surface area contributed by atoms with Crippen LogP contribution in [0.3, 0.4) is 0 Å². The second kappa shape index (κ2) is 7.86. The lowest BCUT2D eigenvalue weighted by atomic mass is 10.1. The highest BCUT2D eigenvalue weighted by Gasteiger charge is 2.06. The third kappa shape index (κ3) is 5.25. The van der Waals surface area contributed by atoms with Gasteiger partial charge in [-0.25, -0.2) is 0 Å². The number of rotatable bonds is 8. The van der Waals surface area contributed by atoms with E-state index in [9.17, 15) is 5.11 Å². The van der Waals surface area contributed by atoms with Gasteiger partial charge in [0.2, 0.25) is 0 Å². The largest absolute Gasteiger partial charge is 0.491 e. The minimum atomic E-state index is -0.526. The Bertz CT molecular complexity index is 537. The van der Waals surface area contributed by atoms with Gasteiger partial charge in [0.1, 0.15) is 24.2 Å². The molecule has 0 aliphatic heterocycles. The minimum Gasteiger partial charge on any atom is -0.491 e. The molecule has 21 heavy (non-hydrogen) atoms. The topological polar surface area (TPSA) is 54.6 Å². The van der Waals surface area contributed by atoms with Gasteiger partial charge in [-0.15, -0.1) is 0 Å². The van der Waals surface area contributed by atoms with Crippen LogP contribution < -0.4 is 10.1 Å². The summed E-state index contributed by atoms with van der Waals surface area (Å²) in [5.41, 5.74) is 2.30. The number of hydrogen-bond acceptors (Lipinski definition) is 4. The van der Waals surface area contributed by atoms with Crippen molar-refractivity contribution in [3.05, 3.63) is 53.5 Å². The Labute approximate surface area is 125 Å². The second-order valence-corrected chi connectivity index (χ2v) is 5.27. The number of hydrogen-bond donors (Lipinski definition) is 2. The summed E-state index contributed by atoms with van der Waals surface area (Å²) in [4.78, 5) is 0. The molecule has 1 heterocycles. The van der Waals surface area contributed by atoms with Crippen LogP contribution in [-0.2, 0) is 6.42 Å². The molecular formula is C17H23NO3. The van der Waals surface area contributed by atoms with E-state index in [1.54, 1.807) is 6.26 Å². The van der Waals surface area contributed by atoms with Crippen molar-refractivity contribution < 1.29 is 14.3 Å². The highest BCUT2D eigenvalue weighted by atomic mass is 16.5. The summed E-state index contributed by atoms with van der Waals surface area (Å²) in [5.74, 6) is 1.78. The molecule has 1 aromatic heterocycles. The van der Waals surface area contributed by atoms with Crippen molar-refractivity contribution in [3.8, 4) is 5.75 Å². The van der Waals surface area contributed by atoms with E-state index in [2.05, 4.69) is 18.3 Å². The van der Waals surface area contributed by atoms with E-state index < -0.39 is 6.10 Å². The monoisotopic (exact) mass is 289 g/mol. The summed E-state index contributed by atoms with van der Waals surface area (Å²) < 4.78 is 10.9. The first kappa shape index (κ1) is 15.6. The number of aryl methyl sites for hydroxylation is 2. The average Bonchev–Trinajstić information content (AvgIpc) is 2.96. The van der Waals surface area contributed by atoms with Gasteiger partial charge in [0, 0.05) is 19.5 Å². The number of nitrogens with one attached hydrogen (secondary N) is 1. The molecule has 0 fully saturated rings. The van der Waals surface area contributed by atoms with Crippen LogP contribution in [0.15, 0.2) is 41.0 Å². The fourth-order valence-electron chi connectivity index (χ4n) is 2.14. The van der Waals surface area contributed by atoms with Gasteiger partial charge in [-0.05, 0) is 37.6 Å². The van der Waals surface area contributed by atoms with Gasteiger partial charge in [0.05, 0.1) is 6.26 Å². The molecular weight excluding hydrogens is 266 g/mol. The zero-order chi connectivity index (χ0) is 15.1. The predicted molar refractivity (Wildman–Crippen MR) is 82.7 cm³/mol. The van der Waals surface area contributed by atoms with Crippen LogP contribution in [-0.4, -0.2) is 30.9 Å². The van der Waals surface area contributed by atoms with Crippen LogP contribution in [0.5, 0.6) is 5.75 Å². The van der Waals surface area contributed by atoms with Gasteiger partial charge in [-0.2, -0.15) is 0 Å². The first-order valence-electron chi connectivity index (χ1n) is 7.26. The summed E-state index contributed by atoms with van der Waals surface area (Å²) >= 11 is 0. The zero-order valence-corrected chi connectivity index (χ0v) is 12.6. The van der Waals surface area contributed by atoms with E-state index in [0.29, 0.717) is 6.54 Å². The normalized spacial score (nSPS) is 12.3. The summed E-state index contributed by atoms with van der Waals surface area (Å²) in [6.45, 7) is 5.63. The molecule has 4 heteroatoms. The third-order valence-electron chi connectivity index (χ3n) is 3.27. The van der Waals surface area contributed by atoms with Crippen LogP contribution in [0.25, 0.3) is 0 Å². The van der Waals surface area contributed by atoms with Gasteiger partial charge < -0.3 is 19.6 Å². The molecule has 1 unspecified atom stereocenters. The summed E-state index contributed by atoms with van der Waals surface area (Å²) in [5, 5.41) is 13.1. The molecule has 0 saturated heterocycles. The molecule has 114 valence electrons. The SMILES string of the molecule is Cc1ccc(OCC(O)CNCCc2ccco2)c(C)c1. The second-order valence-electron chi connectivity index (χ2n) is 5.27. The molecule has 0 amide bonds. The van der Waals surface area contributed by atoms with Crippen LogP contribution in [0, 0.1) is 13.8 Å². The number of aliphatic hydroxyl groups is 1. The molecule has 2 aromatic rings. The van der Waals surface area contributed by atoms with E-state index >= 15 is 0 Å². The molecule has 4 nitrogen and oxygen atoms in total. The van der Waals surface area contributed by atoms with Crippen molar-refractivity contribution in [1.82, 2.24) is 5.32 Å². The maximum Gasteiger partial charge on any atom is 0.122 e. The molecule has 0 spiro atoms. The van der Waals surface area contributed by atoms with Crippen LogP contribution in [0.1, 0.15) is 16.9 Å². The Balaban J connectivity index is 1.64. The van der Waals surface area contributed by atoms with Crippen LogP contribution in [0.4, 0.5) is 0 Å². The van der Waals surface area contributed by atoms with Gasteiger partial charge >= 0.3 is 0 Å². The average molecular weight is 289 g/mol. The van der Waals surface area contributed by atoms with Crippen molar-refractivity contribution in [1.29, 1.82) is 0 Å². The fraction of sp³-hybridized carbons (Fsp3) is 0.412. The van der Waals surface area contributed by atoms with Gasteiger partial charge in [-0.3, -0.25) is 0 Å². The lowest BCUT2D eigenvalue weighted by Gasteiger charge is -2.14. The van der Waals surface area contributed by atoms with E-state index in [4.69, 9.17) is 9.15 Å².